The molecule has 2 aromatic rings. The Kier molecular flexibility index (Phi) is 4.95. The summed E-state index contributed by atoms with van der Waals surface area (Å²) in [4.78, 5) is 10.6. The summed E-state index contributed by atoms with van der Waals surface area (Å²) in [5.41, 5.74) is 0.894. The van der Waals surface area contributed by atoms with Gasteiger partial charge < -0.3 is 5.11 Å². The fourth-order valence-corrected chi connectivity index (χ4v) is 3.17. The van der Waals surface area contributed by atoms with Crippen LogP contribution in [0.1, 0.15) is 5.56 Å². The average molecular weight is 360 g/mol. The fraction of sp³-hybridized carbons (Fsp3) is 0.0714. The number of rotatable bonds is 5. The minimum atomic E-state index is -3.80. The predicted octanol–water partition coefficient (Wildman–Crippen LogP) is 3.42. The first-order valence-corrected chi connectivity index (χ1v) is 8.30. The van der Waals surface area contributed by atoms with Gasteiger partial charge in [-0.1, -0.05) is 35.3 Å². The van der Waals surface area contributed by atoms with Crippen LogP contribution >= 0.6 is 23.2 Å². The summed E-state index contributed by atoms with van der Waals surface area (Å²) in [6.45, 7) is 0. The number of hydrogen-bond acceptors (Lipinski definition) is 3. The lowest BCUT2D eigenvalue weighted by atomic mass is 10.1. The number of anilines is 1. The molecule has 0 heterocycles. The number of sulfonamides is 1. The van der Waals surface area contributed by atoms with Crippen molar-refractivity contribution in [1.29, 1.82) is 0 Å². The maximum atomic E-state index is 12.2. The van der Waals surface area contributed by atoms with Crippen molar-refractivity contribution in [2.75, 3.05) is 4.72 Å². The highest BCUT2D eigenvalue weighted by Gasteiger charge is 2.15. The van der Waals surface area contributed by atoms with Crippen LogP contribution in [-0.4, -0.2) is 19.5 Å². The van der Waals surface area contributed by atoms with Gasteiger partial charge >= 0.3 is 5.97 Å². The molecule has 2 rings (SSSR count). The Morgan fingerprint density at radius 2 is 1.68 bits per heavy atom. The van der Waals surface area contributed by atoms with E-state index in [0.717, 1.165) is 0 Å². The molecule has 2 aromatic carbocycles. The Morgan fingerprint density at radius 1 is 1.05 bits per heavy atom. The van der Waals surface area contributed by atoms with E-state index >= 15 is 0 Å². The highest BCUT2D eigenvalue weighted by atomic mass is 35.5. The number of halogens is 2. The van der Waals surface area contributed by atoms with Crippen LogP contribution in [-0.2, 0) is 21.2 Å². The van der Waals surface area contributed by atoms with Crippen molar-refractivity contribution in [1.82, 2.24) is 0 Å². The quantitative estimate of drug-likeness (QED) is 0.856. The third-order valence-electron chi connectivity index (χ3n) is 2.76. The van der Waals surface area contributed by atoms with Crippen molar-refractivity contribution in [2.45, 2.75) is 11.3 Å². The number of hydrogen-bond donors (Lipinski definition) is 2. The summed E-state index contributed by atoms with van der Waals surface area (Å²) in [7, 11) is -3.80. The summed E-state index contributed by atoms with van der Waals surface area (Å²) in [5.74, 6) is -0.955. The topological polar surface area (TPSA) is 83.5 Å². The number of carboxylic acid groups (broad SMARTS) is 1. The molecule has 22 heavy (non-hydrogen) atoms. The number of benzene rings is 2. The number of carbonyl (C=O) groups is 1. The van der Waals surface area contributed by atoms with Gasteiger partial charge in [-0.3, -0.25) is 9.52 Å². The first-order chi connectivity index (χ1) is 10.3. The van der Waals surface area contributed by atoms with Gasteiger partial charge in [0.15, 0.2) is 0 Å². The second-order valence-electron chi connectivity index (χ2n) is 4.45. The predicted molar refractivity (Wildman–Crippen MR) is 85.1 cm³/mol. The Hall–Kier alpha value is -1.76. The largest absolute Gasteiger partial charge is 0.481 e. The monoisotopic (exact) mass is 359 g/mol. The van der Waals surface area contributed by atoms with Crippen molar-refractivity contribution in [3.8, 4) is 0 Å². The minimum Gasteiger partial charge on any atom is -0.481 e. The normalized spacial score (nSPS) is 11.2. The number of aliphatic carboxylic acids is 1. The molecule has 0 aliphatic heterocycles. The van der Waals surface area contributed by atoms with E-state index in [1.807, 2.05) is 0 Å². The van der Waals surface area contributed by atoms with E-state index in [1.54, 1.807) is 12.1 Å². The summed E-state index contributed by atoms with van der Waals surface area (Å²) < 4.78 is 26.8. The van der Waals surface area contributed by atoms with Crippen molar-refractivity contribution in [2.24, 2.45) is 0 Å². The van der Waals surface area contributed by atoms with Crippen LogP contribution in [0, 0.1) is 0 Å². The first-order valence-electron chi connectivity index (χ1n) is 6.06. The van der Waals surface area contributed by atoms with Gasteiger partial charge in [0.05, 0.1) is 21.4 Å². The third kappa shape index (κ3) is 4.13. The molecule has 0 radical (unpaired) electrons. The van der Waals surface area contributed by atoms with Crippen molar-refractivity contribution >= 4 is 44.9 Å². The van der Waals surface area contributed by atoms with Crippen LogP contribution in [0.5, 0.6) is 0 Å². The molecular weight excluding hydrogens is 349 g/mol. The Labute approximate surface area is 137 Å². The molecule has 116 valence electrons. The molecule has 0 aromatic heterocycles. The summed E-state index contributed by atoms with van der Waals surface area (Å²) in [6, 6.07) is 10.1. The molecule has 0 saturated heterocycles. The van der Waals surface area contributed by atoms with E-state index in [0.29, 0.717) is 11.3 Å². The molecule has 0 aliphatic rings. The van der Waals surface area contributed by atoms with Crippen molar-refractivity contribution < 1.29 is 18.3 Å². The van der Waals surface area contributed by atoms with E-state index in [4.69, 9.17) is 28.3 Å². The molecule has 5 nitrogen and oxygen atoms in total. The van der Waals surface area contributed by atoms with E-state index in [1.165, 1.54) is 30.3 Å². The summed E-state index contributed by atoms with van der Waals surface area (Å²) >= 11 is 11.6. The second-order valence-corrected chi connectivity index (χ2v) is 6.95. The lowest BCUT2D eigenvalue weighted by Crippen LogP contribution is -2.13. The fourth-order valence-electron chi connectivity index (χ4n) is 1.72. The summed E-state index contributed by atoms with van der Waals surface area (Å²) in [6.07, 6.45) is -0.125. The lowest BCUT2D eigenvalue weighted by molar-refractivity contribution is -0.136. The van der Waals surface area contributed by atoms with Crippen LogP contribution in [0.2, 0.25) is 10.0 Å². The second kappa shape index (κ2) is 6.56. The zero-order valence-electron chi connectivity index (χ0n) is 11.1. The van der Waals surface area contributed by atoms with Crippen LogP contribution in [0.3, 0.4) is 0 Å². The van der Waals surface area contributed by atoms with E-state index < -0.39 is 16.0 Å². The maximum absolute atomic E-state index is 12.2. The van der Waals surface area contributed by atoms with Gasteiger partial charge in [0, 0.05) is 5.69 Å². The minimum absolute atomic E-state index is 0.0171. The molecule has 0 saturated carbocycles. The van der Waals surface area contributed by atoms with Crippen LogP contribution in [0.4, 0.5) is 5.69 Å². The van der Waals surface area contributed by atoms with Gasteiger partial charge in [-0.05, 0) is 35.9 Å². The number of nitrogens with one attached hydrogen (secondary N) is 1. The third-order valence-corrected chi connectivity index (χ3v) is 4.88. The average Bonchev–Trinajstić information content (AvgIpc) is 2.43. The molecule has 0 fully saturated rings. The summed E-state index contributed by atoms with van der Waals surface area (Å²) in [5, 5.41) is 9.09. The van der Waals surface area contributed by atoms with Gasteiger partial charge in [0.2, 0.25) is 0 Å². The Morgan fingerprint density at radius 3 is 2.23 bits per heavy atom. The SMILES string of the molecule is O=C(O)Cc1ccc(NS(=O)(=O)c2ccc(Cl)c(Cl)c2)cc1. The Balaban J connectivity index is 2.21. The molecule has 2 N–H and O–H groups in total. The van der Waals surface area contributed by atoms with Crippen LogP contribution in [0.15, 0.2) is 47.4 Å². The van der Waals surface area contributed by atoms with Crippen LogP contribution < -0.4 is 4.72 Å². The zero-order chi connectivity index (χ0) is 16.3. The van der Waals surface area contributed by atoms with E-state index in [2.05, 4.69) is 4.72 Å². The van der Waals surface area contributed by atoms with E-state index in [9.17, 15) is 13.2 Å². The molecule has 0 bridgehead atoms. The van der Waals surface area contributed by atoms with E-state index in [-0.39, 0.29) is 21.4 Å². The molecule has 0 atom stereocenters. The van der Waals surface area contributed by atoms with Gasteiger partial charge in [-0.25, -0.2) is 8.42 Å². The highest BCUT2D eigenvalue weighted by molar-refractivity contribution is 7.92. The molecule has 0 spiro atoms. The number of carboxylic acids is 1. The zero-order valence-corrected chi connectivity index (χ0v) is 13.4. The van der Waals surface area contributed by atoms with Gasteiger partial charge in [0.1, 0.15) is 0 Å². The van der Waals surface area contributed by atoms with Gasteiger partial charge in [-0.15, -0.1) is 0 Å². The maximum Gasteiger partial charge on any atom is 0.307 e. The molecule has 8 heteroatoms. The highest BCUT2D eigenvalue weighted by Crippen LogP contribution is 2.26. The lowest BCUT2D eigenvalue weighted by Gasteiger charge is -2.09. The molecule has 0 unspecified atom stereocenters. The molecule has 0 amide bonds. The Bertz CT molecular complexity index is 804. The first kappa shape index (κ1) is 16.6. The van der Waals surface area contributed by atoms with Crippen LogP contribution in [0.25, 0.3) is 0 Å². The van der Waals surface area contributed by atoms with Gasteiger partial charge in [-0.2, -0.15) is 0 Å². The molecule has 0 aliphatic carbocycles. The van der Waals surface area contributed by atoms with Crippen molar-refractivity contribution in [3.63, 3.8) is 0 Å². The smallest absolute Gasteiger partial charge is 0.307 e. The van der Waals surface area contributed by atoms with Crippen molar-refractivity contribution in [3.05, 3.63) is 58.1 Å². The molecular formula is C14H11Cl2NO4S. The van der Waals surface area contributed by atoms with Gasteiger partial charge in [0.25, 0.3) is 10.0 Å². The standard InChI is InChI=1S/C14H11Cl2NO4S/c15-12-6-5-11(8-13(12)16)22(20,21)17-10-3-1-9(2-4-10)7-14(18)19/h1-6,8,17H,7H2,(H,18,19).